The number of ether oxygens (including phenoxy) is 2. The first kappa shape index (κ1) is 21.9. The maximum Gasteiger partial charge on any atom is 0.508 e. The van der Waals surface area contributed by atoms with Crippen LogP contribution in [0, 0.1) is 0 Å². The van der Waals surface area contributed by atoms with Crippen LogP contribution >= 0.6 is 0 Å². The van der Waals surface area contributed by atoms with Crippen molar-refractivity contribution in [2.45, 2.75) is 25.9 Å². The van der Waals surface area contributed by atoms with E-state index in [1.165, 1.54) is 11.1 Å². The van der Waals surface area contributed by atoms with Gasteiger partial charge < -0.3 is 19.3 Å². The topological polar surface area (TPSA) is 42.0 Å². The molecule has 28 heavy (non-hydrogen) atoms. The molecule has 0 aliphatic rings. The normalized spacial score (nSPS) is 11.0. The monoisotopic (exact) mass is 384 g/mol. The van der Waals surface area contributed by atoms with E-state index in [1.807, 2.05) is 36.4 Å². The maximum absolute atomic E-state index is 11.6. The van der Waals surface area contributed by atoms with Crippen molar-refractivity contribution < 1.29 is 14.3 Å². The Morgan fingerprint density at radius 2 is 1.11 bits per heavy atom. The molecule has 0 fully saturated rings. The summed E-state index contributed by atoms with van der Waals surface area (Å²) >= 11 is 0. The third-order valence-electron chi connectivity index (χ3n) is 4.40. The van der Waals surface area contributed by atoms with Gasteiger partial charge in [-0.3, -0.25) is 0 Å². The van der Waals surface area contributed by atoms with Crippen LogP contribution in [-0.2, 0) is 22.6 Å². The number of hydrogen-bond acceptors (Lipinski definition) is 5. The van der Waals surface area contributed by atoms with Gasteiger partial charge in [0.25, 0.3) is 0 Å². The highest BCUT2D eigenvalue weighted by Crippen LogP contribution is 2.04. The van der Waals surface area contributed by atoms with Gasteiger partial charge in [-0.1, -0.05) is 60.7 Å². The lowest BCUT2D eigenvalue weighted by Crippen LogP contribution is -2.22. The first-order valence-corrected chi connectivity index (χ1v) is 9.88. The molecular weight excluding hydrogens is 352 g/mol. The summed E-state index contributed by atoms with van der Waals surface area (Å²) in [5, 5.41) is 0. The fourth-order valence-corrected chi connectivity index (χ4v) is 2.97. The number of hydrogen-bond donors (Lipinski definition) is 0. The summed E-state index contributed by atoms with van der Waals surface area (Å²) in [7, 11) is 4.13. The molecule has 0 bridgehead atoms. The molecule has 0 heterocycles. The number of benzene rings is 2. The van der Waals surface area contributed by atoms with Gasteiger partial charge in [0.1, 0.15) is 0 Å². The second kappa shape index (κ2) is 12.9. The lowest BCUT2D eigenvalue weighted by Gasteiger charge is -2.17. The third-order valence-corrected chi connectivity index (χ3v) is 4.40. The highest BCUT2D eigenvalue weighted by atomic mass is 16.7. The van der Waals surface area contributed by atoms with Gasteiger partial charge in [-0.25, -0.2) is 4.79 Å². The molecule has 0 unspecified atom stereocenters. The zero-order valence-corrected chi connectivity index (χ0v) is 17.0. The van der Waals surface area contributed by atoms with Crippen molar-refractivity contribution in [3.63, 3.8) is 0 Å². The zero-order chi connectivity index (χ0) is 20.0. The fraction of sp³-hybridized carbons (Fsp3) is 0.435. The summed E-state index contributed by atoms with van der Waals surface area (Å²) in [6.07, 6.45) is 1.01. The van der Waals surface area contributed by atoms with Crippen LogP contribution in [0.25, 0.3) is 0 Å². The second-order valence-corrected chi connectivity index (χ2v) is 7.10. The Morgan fingerprint density at radius 1 is 0.714 bits per heavy atom. The maximum atomic E-state index is 11.6. The molecule has 0 radical (unpaired) electrons. The lowest BCUT2D eigenvalue weighted by atomic mass is 10.2. The van der Waals surface area contributed by atoms with Crippen molar-refractivity contribution in [1.82, 2.24) is 9.80 Å². The van der Waals surface area contributed by atoms with E-state index in [9.17, 15) is 4.79 Å². The average molecular weight is 385 g/mol. The van der Waals surface area contributed by atoms with E-state index in [0.717, 1.165) is 39.0 Å². The fourth-order valence-electron chi connectivity index (χ4n) is 2.97. The Bertz CT molecular complexity index is 607. The van der Waals surface area contributed by atoms with E-state index < -0.39 is 6.16 Å². The molecule has 0 N–H and O–H groups in total. The number of carbonyl (C=O) groups is 1. The minimum absolute atomic E-state index is 0.381. The molecular formula is C23H32N2O3. The molecule has 0 atom stereocenters. The Labute approximate surface area is 168 Å². The molecule has 0 aliphatic carbocycles. The van der Waals surface area contributed by atoms with Gasteiger partial charge >= 0.3 is 6.16 Å². The van der Waals surface area contributed by atoms with Crippen molar-refractivity contribution in [3.8, 4) is 0 Å². The van der Waals surface area contributed by atoms with Crippen LogP contribution in [0.1, 0.15) is 24.0 Å². The summed E-state index contributed by atoms with van der Waals surface area (Å²) < 4.78 is 10.3. The molecule has 5 heteroatoms. The van der Waals surface area contributed by atoms with E-state index >= 15 is 0 Å². The summed E-state index contributed by atoms with van der Waals surface area (Å²) in [6.45, 7) is 4.28. The van der Waals surface area contributed by atoms with Gasteiger partial charge in [-0.15, -0.1) is 0 Å². The van der Waals surface area contributed by atoms with Crippen molar-refractivity contribution in [3.05, 3.63) is 71.8 Å². The molecule has 2 rings (SSSR count). The molecule has 0 aliphatic heterocycles. The predicted molar refractivity (Wildman–Crippen MR) is 112 cm³/mol. The first-order chi connectivity index (χ1) is 13.6. The summed E-state index contributed by atoms with van der Waals surface area (Å²) in [6, 6.07) is 20.7. The number of rotatable bonds is 12. The van der Waals surface area contributed by atoms with Crippen molar-refractivity contribution >= 4 is 6.16 Å². The first-order valence-electron chi connectivity index (χ1n) is 9.88. The van der Waals surface area contributed by atoms with Crippen LogP contribution in [0.4, 0.5) is 4.79 Å². The van der Waals surface area contributed by atoms with Gasteiger partial charge in [0.05, 0.1) is 13.2 Å². The quantitative estimate of drug-likeness (QED) is 0.406. The van der Waals surface area contributed by atoms with Crippen LogP contribution in [0.15, 0.2) is 60.7 Å². The zero-order valence-electron chi connectivity index (χ0n) is 17.0. The van der Waals surface area contributed by atoms with E-state index in [0.29, 0.717) is 13.2 Å². The van der Waals surface area contributed by atoms with Crippen LogP contribution in [0.2, 0.25) is 0 Å². The Balaban J connectivity index is 1.46. The molecule has 2 aromatic carbocycles. The van der Waals surface area contributed by atoms with Gasteiger partial charge in [0, 0.05) is 26.2 Å². The molecule has 0 saturated heterocycles. The highest BCUT2D eigenvalue weighted by molar-refractivity contribution is 5.59. The van der Waals surface area contributed by atoms with Crippen LogP contribution < -0.4 is 0 Å². The van der Waals surface area contributed by atoms with E-state index in [4.69, 9.17) is 9.47 Å². The SMILES string of the molecule is CN(CCCOC(=O)OCCCN(C)Cc1ccccc1)Cc1ccccc1. The molecule has 0 amide bonds. The molecule has 5 nitrogen and oxygen atoms in total. The number of carbonyl (C=O) groups excluding carboxylic acids is 1. The van der Waals surface area contributed by atoms with E-state index in [-0.39, 0.29) is 0 Å². The van der Waals surface area contributed by atoms with Gasteiger partial charge in [0.2, 0.25) is 0 Å². The summed E-state index contributed by atoms with van der Waals surface area (Å²) in [4.78, 5) is 16.1. The minimum Gasteiger partial charge on any atom is -0.434 e. The minimum atomic E-state index is -0.573. The average Bonchev–Trinajstić information content (AvgIpc) is 2.70. The summed E-state index contributed by atoms with van der Waals surface area (Å²) in [5.41, 5.74) is 2.56. The largest absolute Gasteiger partial charge is 0.508 e. The predicted octanol–water partition coefficient (Wildman–Crippen LogP) is 4.18. The smallest absolute Gasteiger partial charge is 0.434 e. The van der Waals surface area contributed by atoms with Gasteiger partial charge in [0.15, 0.2) is 0 Å². The van der Waals surface area contributed by atoms with Gasteiger partial charge in [-0.2, -0.15) is 0 Å². The lowest BCUT2D eigenvalue weighted by molar-refractivity contribution is 0.0503. The highest BCUT2D eigenvalue weighted by Gasteiger charge is 2.06. The van der Waals surface area contributed by atoms with Crippen molar-refractivity contribution in [1.29, 1.82) is 0 Å². The molecule has 0 aromatic heterocycles. The molecule has 2 aromatic rings. The van der Waals surface area contributed by atoms with Crippen molar-refractivity contribution in [2.24, 2.45) is 0 Å². The van der Waals surface area contributed by atoms with Crippen molar-refractivity contribution in [2.75, 3.05) is 40.4 Å². The Hall–Kier alpha value is -2.37. The molecule has 0 spiro atoms. The molecule has 152 valence electrons. The van der Waals surface area contributed by atoms with E-state index in [2.05, 4.69) is 48.2 Å². The third kappa shape index (κ3) is 9.53. The standard InChI is InChI=1S/C23H32N2O3/c1-24(19-21-11-5-3-6-12-21)15-9-17-27-23(26)28-18-10-16-25(2)20-22-13-7-4-8-14-22/h3-8,11-14H,9-10,15-20H2,1-2H3. The van der Waals surface area contributed by atoms with E-state index in [1.54, 1.807) is 0 Å². The van der Waals surface area contributed by atoms with Crippen LogP contribution in [0.3, 0.4) is 0 Å². The van der Waals surface area contributed by atoms with Crippen LogP contribution in [-0.4, -0.2) is 56.4 Å². The summed E-state index contributed by atoms with van der Waals surface area (Å²) in [5.74, 6) is 0. The Kier molecular flexibility index (Phi) is 10.1. The van der Waals surface area contributed by atoms with Gasteiger partial charge in [-0.05, 0) is 38.1 Å². The van der Waals surface area contributed by atoms with Crippen LogP contribution in [0.5, 0.6) is 0 Å². The second-order valence-electron chi connectivity index (χ2n) is 7.10. The number of nitrogens with zero attached hydrogens (tertiary/aromatic N) is 2. The Morgan fingerprint density at radius 3 is 1.50 bits per heavy atom. The molecule has 0 saturated carbocycles.